The largest absolute Gasteiger partial charge is 0.323 e. The molecule has 30 heavy (non-hydrogen) atoms. The molecular weight excluding hydrogens is 420 g/mol. The van der Waals surface area contributed by atoms with Crippen LogP contribution < -0.4 is 16.0 Å². The van der Waals surface area contributed by atoms with Crippen LogP contribution in [0.5, 0.6) is 0 Å². The highest BCUT2D eigenvalue weighted by Crippen LogP contribution is 2.31. The molecule has 3 N–H and O–H groups in total. The smallest absolute Gasteiger partial charge is 0.308 e. The molecule has 0 saturated carbocycles. The number of hydrogen-bond acceptors (Lipinski definition) is 4. The number of carbonyl (C=O) groups excluding carboxylic acids is 2. The lowest BCUT2D eigenvalue weighted by atomic mass is 10.2. The summed E-state index contributed by atoms with van der Waals surface area (Å²) in [4.78, 5) is 29.2. The van der Waals surface area contributed by atoms with Crippen molar-refractivity contribution in [3.8, 4) is 0 Å². The number of rotatable bonds is 4. The van der Waals surface area contributed by atoms with Crippen LogP contribution in [-0.2, 0) is 0 Å². The minimum atomic E-state index is -0.377. The van der Waals surface area contributed by atoms with Gasteiger partial charge in [0.1, 0.15) is 0 Å². The van der Waals surface area contributed by atoms with Crippen molar-refractivity contribution in [2.24, 2.45) is 0 Å². The second-order valence-electron chi connectivity index (χ2n) is 6.57. The highest BCUT2D eigenvalue weighted by molar-refractivity contribution is 7.22. The van der Waals surface area contributed by atoms with Gasteiger partial charge in [0.15, 0.2) is 5.13 Å². The molecule has 0 unspecified atom stereocenters. The van der Waals surface area contributed by atoms with Crippen molar-refractivity contribution in [3.05, 3.63) is 82.9 Å². The first-order valence-corrected chi connectivity index (χ1v) is 10.3. The van der Waals surface area contributed by atoms with Gasteiger partial charge in [-0.2, -0.15) is 0 Å². The second-order valence-corrected chi connectivity index (χ2v) is 8.04. The Balaban J connectivity index is 1.50. The first kappa shape index (κ1) is 19.9. The van der Waals surface area contributed by atoms with Crippen LogP contribution in [0.2, 0.25) is 5.02 Å². The Labute approximate surface area is 181 Å². The van der Waals surface area contributed by atoms with Crippen LogP contribution in [0, 0.1) is 6.92 Å². The summed E-state index contributed by atoms with van der Waals surface area (Å²) < 4.78 is 0.858. The van der Waals surface area contributed by atoms with Crippen molar-refractivity contribution >= 4 is 61.6 Å². The van der Waals surface area contributed by atoms with Gasteiger partial charge in [-0.3, -0.25) is 10.1 Å². The summed E-state index contributed by atoms with van der Waals surface area (Å²) in [6.45, 7) is 1.91. The van der Waals surface area contributed by atoms with E-state index in [0.29, 0.717) is 27.1 Å². The van der Waals surface area contributed by atoms with Crippen LogP contribution in [0.25, 0.3) is 10.2 Å². The number of urea groups is 1. The lowest BCUT2D eigenvalue weighted by Gasteiger charge is -2.09. The Morgan fingerprint density at radius 3 is 2.43 bits per heavy atom. The summed E-state index contributed by atoms with van der Waals surface area (Å²) in [5.74, 6) is -0.216. The van der Waals surface area contributed by atoms with Gasteiger partial charge in [0.25, 0.3) is 5.91 Å². The minimum Gasteiger partial charge on any atom is -0.308 e. The molecule has 0 aliphatic heterocycles. The second kappa shape index (κ2) is 8.52. The maximum atomic E-state index is 12.4. The average Bonchev–Trinajstić information content (AvgIpc) is 3.11. The van der Waals surface area contributed by atoms with Gasteiger partial charge in [0.2, 0.25) is 0 Å². The van der Waals surface area contributed by atoms with Gasteiger partial charge in [0.05, 0.1) is 10.2 Å². The Morgan fingerprint density at radius 1 is 0.900 bits per heavy atom. The molecule has 6 nitrogen and oxygen atoms in total. The molecule has 3 aromatic carbocycles. The number of thiazole rings is 1. The normalized spacial score (nSPS) is 10.6. The minimum absolute atomic E-state index is 0.216. The van der Waals surface area contributed by atoms with Crippen LogP contribution in [-0.4, -0.2) is 16.9 Å². The molecule has 0 fully saturated rings. The number of benzene rings is 3. The summed E-state index contributed by atoms with van der Waals surface area (Å²) in [7, 11) is 0. The zero-order chi connectivity index (χ0) is 21.1. The highest BCUT2D eigenvalue weighted by Gasteiger charge is 2.13. The maximum absolute atomic E-state index is 12.4. The summed E-state index contributed by atoms with van der Waals surface area (Å²) in [5, 5.41) is 9.43. The number of aromatic nitrogens is 1. The first-order chi connectivity index (χ1) is 14.5. The lowest BCUT2D eigenvalue weighted by molar-refractivity contribution is 0.102. The van der Waals surface area contributed by atoms with E-state index in [4.69, 9.17) is 11.6 Å². The molecular formula is C22H17ClN4O2S. The number of amides is 3. The summed E-state index contributed by atoms with van der Waals surface area (Å²) in [5.41, 5.74) is 3.46. The molecule has 0 aliphatic rings. The van der Waals surface area contributed by atoms with E-state index in [1.165, 1.54) is 11.3 Å². The van der Waals surface area contributed by atoms with Crippen LogP contribution in [0.3, 0.4) is 0 Å². The number of nitrogens with zero attached hydrogens (tertiary/aromatic N) is 1. The maximum Gasteiger partial charge on any atom is 0.323 e. The molecule has 0 saturated heterocycles. The summed E-state index contributed by atoms with van der Waals surface area (Å²) in [6, 6.07) is 19.2. The third kappa shape index (κ3) is 4.59. The highest BCUT2D eigenvalue weighted by atomic mass is 35.5. The molecule has 150 valence electrons. The number of hydrogen-bond donors (Lipinski definition) is 3. The average molecular weight is 437 g/mol. The fourth-order valence-corrected chi connectivity index (χ4v) is 4.11. The van der Waals surface area contributed by atoms with E-state index in [-0.39, 0.29) is 11.9 Å². The molecule has 3 amide bonds. The van der Waals surface area contributed by atoms with E-state index in [1.54, 1.807) is 36.4 Å². The first-order valence-electron chi connectivity index (χ1n) is 9.09. The standard InChI is InChI=1S/C22H17ClN4O2S/c1-13-10-17(25-21(29)24-16-9-5-8-15(23)11-16)12-18-19(13)26-22(30-18)27-20(28)14-6-3-2-4-7-14/h2-12H,1H3,(H2,24,25,29)(H,26,27,28). The number of fused-ring (bicyclic) bond motifs is 1. The van der Waals surface area contributed by atoms with Gasteiger partial charge < -0.3 is 10.6 Å². The van der Waals surface area contributed by atoms with Gasteiger partial charge in [-0.25, -0.2) is 9.78 Å². The Kier molecular flexibility index (Phi) is 5.65. The molecule has 0 atom stereocenters. The molecule has 1 heterocycles. The monoisotopic (exact) mass is 436 g/mol. The van der Waals surface area contributed by atoms with Crippen LogP contribution >= 0.6 is 22.9 Å². The number of halogens is 1. The predicted octanol–water partition coefficient (Wildman–Crippen LogP) is 6.15. The van der Waals surface area contributed by atoms with Crippen LogP contribution in [0.1, 0.15) is 15.9 Å². The zero-order valence-corrected chi connectivity index (χ0v) is 17.5. The number of anilines is 3. The molecule has 8 heteroatoms. The zero-order valence-electron chi connectivity index (χ0n) is 15.9. The molecule has 0 bridgehead atoms. The SMILES string of the molecule is Cc1cc(NC(=O)Nc2cccc(Cl)c2)cc2sc(NC(=O)c3ccccc3)nc12. The van der Waals surface area contributed by atoms with Crippen LogP contribution in [0.4, 0.5) is 21.3 Å². The van der Waals surface area contributed by atoms with Gasteiger partial charge in [-0.1, -0.05) is 47.2 Å². The van der Waals surface area contributed by atoms with E-state index in [2.05, 4.69) is 20.9 Å². The van der Waals surface area contributed by atoms with E-state index in [9.17, 15) is 9.59 Å². The molecule has 4 rings (SSSR count). The van der Waals surface area contributed by atoms with E-state index in [1.807, 2.05) is 37.3 Å². The van der Waals surface area contributed by atoms with Gasteiger partial charge in [-0.05, 0) is 55.0 Å². The number of carbonyl (C=O) groups is 2. The van der Waals surface area contributed by atoms with Gasteiger partial charge in [-0.15, -0.1) is 0 Å². The molecule has 0 aliphatic carbocycles. The van der Waals surface area contributed by atoms with Crippen molar-refractivity contribution in [2.45, 2.75) is 6.92 Å². The number of nitrogens with one attached hydrogen (secondary N) is 3. The van der Waals surface area contributed by atoms with Crippen molar-refractivity contribution < 1.29 is 9.59 Å². The Morgan fingerprint density at radius 2 is 1.67 bits per heavy atom. The van der Waals surface area contributed by atoms with E-state index < -0.39 is 0 Å². The fraction of sp³-hybridized carbons (Fsp3) is 0.0455. The van der Waals surface area contributed by atoms with Crippen molar-refractivity contribution in [2.75, 3.05) is 16.0 Å². The fourth-order valence-electron chi connectivity index (χ4n) is 2.94. The molecule has 1 aromatic heterocycles. The van der Waals surface area contributed by atoms with Crippen LogP contribution in [0.15, 0.2) is 66.7 Å². The lowest BCUT2D eigenvalue weighted by Crippen LogP contribution is -2.19. The Hall–Kier alpha value is -3.42. The van der Waals surface area contributed by atoms with E-state index in [0.717, 1.165) is 15.8 Å². The quantitative estimate of drug-likeness (QED) is 0.358. The molecule has 0 spiro atoms. The Bertz CT molecular complexity index is 1240. The summed E-state index contributed by atoms with van der Waals surface area (Å²) in [6.07, 6.45) is 0. The topological polar surface area (TPSA) is 83.1 Å². The predicted molar refractivity (Wildman–Crippen MR) is 123 cm³/mol. The van der Waals surface area contributed by atoms with Crippen molar-refractivity contribution in [1.29, 1.82) is 0 Å². The number of aryl methyl sites for hydroxylation is 1. The molecule has 4 aromatic rings. The molecule has 0 radical (unpaired) electrons. The van der Waals surface area contributed by atoms with E-state index >= 15 is 0 Å². The third-order valence-electron chi connectivity index (χ3n) is 4.28. The third-order valence-corrected chi connectivity index (χ3v) is 5.44. The van der Waals surface area contributed by atoms with Gasteiger partial charge >= 0.3 is 6.03 Å². The van der Waals surface area contributed by atoms with Gasteiger partial charge in [0, 0.05) is 22.0 Å². The summed E-state index contributed by atoms with van der Waals surface area (Å²) >= 11 is 7.29. The van der Waals surface area contributed by atoms with Crippen molar-refractivity contribution in [3.63, 3.8) is 0 Å². The van der Waals surface area contributed by atoms with Crippen molar-refractivity contribution in [1.82, 2.24) is 4.98 Å².